The molecule has 2 aromatic heterocycles. The Balaban J connectivity index is 1.53. The molecule has 160 valence electrons. The Morgan fingerprint density at radius 2 is 2.06 bits per heavy atom. The van der Waals surface area contributed by atoms with Gasteiger partial charge in [0.1, 0.15) is 11.7 Å². The van der Waals surface area contributed by atoms with Crippen molar-refractivity contribution in [1.29, 1.82) is 0 Å². The summed E-state index contributed by atoms with van der Waals surface area (Å²) in [6.07, 6.45) is 6.86. The molecule has 0 aliphatic carbocycles. The summed E-state index contributed by atoms with van der Waals surface area (Å²) in [6, 6.07) is 7.41. The van der Waals surface area contributed by atoms with Crippen molar-refractivity contribution in [3.63, 3.8) is 0 Å². The van der Waals surface area contributed by atoms with E-state index in [9.17, 15) is 4.79 Å². The number of amidine groups is 1. The molecule has 32 heavy (non-hydrogen) atoms. The fourth-order valence-electron chi connectivity index (χ4n) is 3.85. The molecular formula is C23H20ClN7O. The third kappa shape index (κ3) is 3.58. The van der Waals surface area contributed by atoms with Gasteiger partial charge in [-0.25, -0.2) is 4.98 Å². The number of nitrogens with zero attached hydrogens (tertiary/aromatic N) is 5. The SMILES string of the molecule is CNc1ncc2c(n1)N1CCN=C1C(c1cc(NC(=O)c3cncc(Cl)c3)ccc1C)=C2. The number of carbonyl (C=O) groups excluding carboxylic acids is 1. The largest absolute Gasteiger partial charge is 0.357 e. The predicted molar refractivity (Wildman–Crippen MR) is 127 cm³/mol. The third-order valence-corrected chi connectivity index (χ3v) is 5.62. The van der Waals surface area contributed by atoms with Crippen LogP contribution in [0.5, 0.6) is 0 Å². The molecule has 0 radical (unpaired) electrons. The van der Waals surface area contributed by atoms with Crippen molar-refractivity contribution in [3.8, 4) is 0 Å². The number of aliphatic imine (C=N–C) groups is 1. The molecule has 0 atom stereocenters. The van der Waals surface area contributed by atoms with Gasteiger partial charge < -0.3 is 15.5 Å². The first-order valence-corrected chi connectivity index (χ1v) is 10.5. The Hall–Kier alpha value is -3.78. The molecular weight excluding hydrogens is 426 g/mol. The minimum absolute atomic E-state index is 0.273. The van der Waals surface area contributed by atoms with Crippen LogP contribution in [0.3, 0.4) is 0 Å². The summed E-state index contributed by atoms with van der Waals surface area (Å²) >= 11 is 5.97. The van der Waals surface area contributed by atoms with E-state index in [2.05, 4.69) is 36.6 Å². The standard InChI is InChI=1S/C23H20ClN7O/c1-13-3-4-17(29-22(32)15-7-16(24)12-26-10-15)9-18(13)19-8-14-11-28-23(25-2)30-20(14)31-6-5-27-21(19)31/h3-4,7-12H,5-6H2,1-2H3,(H,29,32)(H,25,28,30). The quantitative estimate of drug-likeness (QED) is 0.632. The Bertz CT molecular complexity index is 1300. The highest BCUT2D eigenvalue weighted by Crippen LogP contribution is 2.37. The molecule has 0 fully saturated rings. The Kier molecular flexibility index (Phi) is 5.07. The van der Waals surface area contributed by atoms with E-state index < -0.39 is 0 Å². The van der Waals surface area contributed by atoms with Crippen LogP contribution < -0.4 is 15.5 Å². The molecule has 0 saturated heterocycles. The van der Waals surface area contributed by atoms with Crippen LogP contribution in [0.25, 0.3) is 11.6 Å². The van der Waals surface area contributed by atoms with Crippen molar-refractivity contribution in [3.05, 3.63) is 70.1 Å². The van der Waals surface area contributed by atoms with E-state index in [1.165, 1.54) is 12.4 Å². The first-order chi connectivity index (χ1) is 15.5. The van der Waals surface area contributed by atoms with E-state index in [0.717, 1.165) is 40.5 Å². The number of hydrogen-bond donors (Lipinski definition) is 2. The first kappa shape index (κ1) is 20.1. The monoisotopic (exact) mass is 445 g/mol. The van der Waals surface area contributed by atoms with Crippen LogP contribution in [0.2, 0.25) is 5.02 Å². The lowest BCUT2D eigenvalue weighted by Gasteiger charge is -2.28. The topological polar surface area (TPSA) is 95.4 Å². The Labute approximate surface area is 190 Å². The second-order valence-corrected chi connectivity index (χ2v) is 7.95. The van der Waals surface area contributed by atoms with E-state index >= 15 is 0 Å². The zero-order valence-corrected chi connectivity index (χ0v) is 18.3. The summed E-state index contributed by atoms with van der Waals surface area (Å²) in [6.45, 7) is 3.50. The van der Waals surface area contributed by atoms with Crippen molar-refractivity contribution in [2.45, 2.75) is 6.92 Å². The number of rotatable bonds is 4. The van der Waals surface area contributed by atoms with Gasteiger partial charge >= 0.3 is 0 Å². The molecule has 0 saturated carbocycles. The maximum Gasteiger partial charge on any atom is 0.257 e. The van der Waals surface area contributed by atoms with Crippen molar-refractivity contribution >= 4 is 52.4 Å². The molecule has 3 aromatic rings. The fraction of sp³-hybridized carbons (Fsp3) is 0.174. The second kappa shape index (κ2) is 8.05. The van der Waals surface area contributed by atoms with Crippen molar-refractivity contribution in [2.24, 2.45) is 4.99 Å². The van der Waals surface area contributed by atoms with E-state index in [0.29, 0.717) is 28.8 Å². The van der Waals surface area contributed by atoms with Gasteiger partial charge in [0.25, 0.3) is 5.91 Å². The van der Waals surface area contributed by atoms with Crippen LogP contribution in [0, 0.1) is 6.92 Å². The number of aromatic nitrogens is 3. The van der Waals surface area contributed by atoms with Crippen LogP contribution >= 0.6 is 11.6 Å². The number of anilines is 3. The number of hydrogen-bond acceptors (Lipinski definition) is 7. The fourth-order valence-corrected chi connectivity index (χ4v) is 4.03. The number of aryl methyl sites for hydroxylation is 1. The van der Waals surface area contributed by atoms with Crippen LogP contribution in [-0.2, 0) is 0 Å². The molecule has 0 unspecified atom stereocenters. The van der Waals surface area contributed by atoms with Crippen LogP contribution in [0.15, 0.2) is 47.8 Å². The Morgan fingerprint density at radius 1 is 1.19 bits per heavy atom. The zero-order chi connectivity index (χ0) is 22.2. The van der Waals surface area contributed by atoms with Gasteiger partial charge in [0.05, 0.1) is 17.1 Å². The number of halogens is 1. The maximum absolute atomic E-state index is 12.7. The molecule has 0 spiro atoms. The molecule has 2 N–H and O–H groups in total. The lowest BCUT2D eigenvalue weighted by atomic mass is 9.94. The van der Waals surface area contributed by atoms with Gasteiger partial charge in [-0.2, -0.15) is 4.98 Å². The lowest BCUT2D eigenvalue weighted by molar-refractivity contribution is 0.102. The minimum atomic E-state index is -0.273. The number of amides is 1. The summed E-state index contributed by atoms with van der Waals surface area (Å²) in [5.74, 6) is 2.03. The van der Waals surface area contributed by atoms with Gasteiger partial charge in [0.15, 0.2) is 0 Å². The lowest BCUT2D eigenvalue weighted by Crippen LogP contribution is -2.32. The van der Waals surface area contributed by atoms with Crippen LogP contribution in [0.4, 0.5) is 17.5 Å². The molecule has 2 aliphatic heterocycles. The highest BCUT2D eigenvalue weighted by Gasteiger charge is 2.31. The normalized spacial score (nSPS) is 14.3. The molecule has 8 nitrogen and oxygen atoms in total. The number of benzene rings is 1. The van der Waals surface area contributed by atoms with E-state index in [-0.39, 0.29) is 5.91 Å². The summed E-state index contributed by atoms with van der Waals surface area (Å²) in [5.41, 5.74) is 5.04. The van der Waals surface area contributed by atoms with E-state index in [1.54, 1.807) is 13.1 Å². The molecule has 0 bridgehead atoms. The van der Waals surface area contributed by atoms with Crippen molar-refractivity contribution in [2.75, 3.05) is 35.7 Å². The van der Waals surface area contributed by atoms with Crippen LogP contribution in [-0.4, -0.2) is 46.8 Å². The van der Waals surface area contributed by atoms with Gasteiger partial charge in [-0.15, -0.1) is 0 Å². The number of fused-ring (bicyclic) bond motifs is 3. The van der Waals surface area contributed by atoms with Gasteiger partial charge in [-0.05, 0) is 42.3 Å². The average molecular weight is 446 g/mol. The minimum Gasteiger partial charge on any atom is -0.357 e. The highest BCUT2D eigenvalue weighted by molar-refractivity contribution is 6.36. The smallest absolute Gasteiger partial charge is 0.257 e. The first-order valence-electron chi connectivity index (χ1n) is 10.2. The van der Waals surface area contributed by atoms with E-state index in [4.69, 9.17) is 16.6 Å². The molecule has 4 heterocycles. The molecule has 9 heteroatoms. The average Bonchev–Trinajstić information content (AvgIpc) is 3.30. The van der Waals surface area contributed by atoms with Gasteiger partial charge in [0, 0.05) is 49.0 Å². The number of nitrogens with one attached hydrogen (secondary N) is 2. The summed E-state index contributed by atoms with van der Waals surface area (Å²) < 4.78 is 0. The number of pyridine rings is 1. The van der Waals surface area contributed by atoms with Crippen LogP contribution in [0.1, 0.15) is 27.0 Å². The molecule has 5 rings (SSSR count). The summed E-state index contributed by atoms with van der Waals surface area (Å²) in [5, 5.41) is 6.34. The Morgan fingerprint density at radius 3 is 2.88 bits per heavy atom. The summed E-state index contributed by atoms with van der Waals surface area (Å²) in [7, 11) is 1.80. The zero-order valence-electron chi connectivity index (χ0n) is 17.6. The molecule has 2 aliphatic rings. The predicted octanol–water partition coefficient (Wildman–Crippen LogP) is 3.90. The second-order valence-electron chi connectivity index (χ2n) is 7.51. The van der Waals surface area contributed by atoms with Gasteiger partial charge in [-0.3, -0.25) is 14.8 Å². The van der Waals surface area contributed by atoms with Crippen molar-refractivity contribution in [1.82, 2.24) is 15.0 Å². The summed E-state index contributed by atoms with van der Waals surface area (Å²) in [4.78, 5) is 32.5. The maximum atomic E-state index is 12.7. The van der Waals surface area contributed by atoms with Gasteiger partial charge in [-0.1, -0.05) is 17.7 Å². The number of carbonyl (C=O) groups is 1. The van der Waals surface area contributed by atoms with Gasteiger partial charge in [0.2, 0.25) is 5.95 Å². The van der Waals surface area contributed by atoms with Crippen molar-refractivity contribution < 1.29 is 4.79 Å². The molecule has 1 aromatic carbocycles. The molecule has 1 amide bonds. The highest BCUT2D eigenvalue weighted by atomic mass is 35.5. The van der Waals surface area contributed by atoms with E-state index in [1.807, 2.05) is 31.3 Å². The third-order valence-electron chi connectivity index (χ3n) is 5.41.